The smallest absolute Gasteiger partial charge is 0.272 e. The molecule has 2 aliphatic rings. The van der Waals surface area contributed by atoms with Crippen LogP contribution in [0.1, 0.15) is 35.3 Å². The highest BCUT2D eigenvalue weighted by atomic mass is 16.3. The zero-order valence-electron chi connectivity index (χ0n) is 17.1. The highest BCUT2D eigenvalue weighted by molar-refractivity contribution is 5.92. The Hall–Kier alpha value is -2.44. The number of aliphatic hydroxyl groups is 1. The van der Waals surface area contributed by atoms with Gasteiger partial charge in [0, 0.05) is 45.2 Å². The van der Waals surface area contributed by atoms with Crippen LogP contribution in [0.3, 0.4) is 0 Å². The van der Waals surface area contributed by atoms with Crippen LogP contribution in [0, 0.1) is 5.41 Å². The molecule has 0 radical (unpaired) electrons. The fourth-order valence-corrected chi connectivity index (χ4v) is 4.76. The average Bonchev–Trinajstić information content (AvgIpc) is 3.17. The number of imidazole rings is 1. The molecule has 1 aromatic carbocycles. The van der Waals surface area contributed by atoms with Crippen molar-refractivity contribution in [1.82, 2.24) is 19.4 Å². The normalized spacial score (nSPS) is 25.7. The van der Waals surface area contributed by atoms with Gasteiger partial charge in [0.25, 0.3) is 5.91 Å². The maximum atomic E-state index is 13.0. The van der Waals surface area contributed by atoms with E-state index in [9.17, 15) is 9.90 Å². The first kappa shape index (κ1) is 19.9. The van der Waals surface area contributed by atoms with Gasteiger partial charge < -0.3 is 14.6 Å². The molecule has 2 saturated heterocycles. The second kappa shape index (κ2) is 8.51. The largest absolute Gasteiger partial charge is 0.392 e. The number of nitrogens with zero attached hydrogens (tertiary/aromatic N) is 4. The van der Waals surface area contributed by atoms with Crippen LogP contribution in [0.15, 0.2) is 48.9 Å². The molecule has 2 aromatic rings. The van der Waals surface area contributed by atoms with Gasteiger partial charge in [0.05, 0.1) is 18.6 Å². The van der Waals surface area contributed by atoms with Crippen molar-refractivity contribution in [2.75, 3.05) is 32.7 Å². The quantitative estimate of drug-likeness (QED) is 0.865. The van der Waals surface area contributed by atoms with E-state index in [1.54, 1.807) is 17.1 Å². The van der Waals surface area contributed by atoms with Crippen LogP contribution in [0.25, 0.3) is 6.08 Å². The van der Waals surface area contributed by atoms with E-state index in [0.29, 0.717) is 12.2 Å². The molecule has 2 atom stereocenters. The molecular weight excluding hydrogens is 364 g/mol. The molecule has 1 aromatic heterocycles. The van der Waals surface area contributed by atoms with Crippen molar-refractivity contribution in [3.05, 3.63) is 60.2 Å². The molecule has 29 heavy (non-hydrogen) atoms. The van der Waals surface area contributed by atoms with Crippen LogP contribution in [-0.2, 0) is 7.05 Å². The van der Waals surface area contributed by atoms with Gasteiger partial charge >= 0.3 is 0 Å². The fraction of sp³-hybridized carbons (Fsp3) is 0.478. The maximum Gasteiger partial charge on any atom is 0.272 e. The summed E-state index contributed by atoms with van der Waals surface area (Å²) >= 11 is 0. The third-order valence-electron chi connectivity index (χ3n) is 6.37. The Morgan fingerprint density at radius 3 is 2.86 bits per heavy atom. The summed E-state index contributed by atoms with van der Waals surface area (Å²) in [6.07, 6.45) is 9.91. The number of aromatic nitrogens is 2. The molecule has 1 N–H and O–H groups in total. The first-order chi connectivity index (χ1) is 14.1. The van der Waals surface area contributed by atoms with Crippen molar-refractivity contribution >= 4 is 12.0 Å². The van der Waals surface area contributed by atoms with E-state index in [1.807, 2.05) is 30.1 Å². The lowest BCUT2D eigenvalue weighted by Crippen LogP contribution is -2.59. The topological polar surface area (TPSA) is 61.6 Å². The number of carbonyl (C=O) groups excluding carboxylic acids is 1. The van der Waals surface area contributed by atoms with Crippen molar-refractivity contribution < 1.29 is 9.90 Å². The SMILES string of the molecule is Cn1cncc1C(=O)N1CCC[C@@]2(CN(C/C=C/c3ccccc3)CC[C@H]2O)C1. The Morgan fingerprint density at radius 1 is 1.28 bits per heavy atom. The zero-order valence-corrected chi connectivity index (χ0v) is 17.1. The molecular formula is C23H30N4O2. The summed E-state index contributed by atoms with van der Waals surface area (Å²) in [6.45, 7) is 3.92. The summed E-state index contributed by atoms with van der Waals surface area (Å²) in [5.74, 6) is 0.0115. The third kappa shape index (κ3) is 4.28. The molecule has 3 heterocycles. The average molecular weight is 395 g/mol. The van der Waals surface area contributed by atoms with Crippen molar-refractivity contribution in [3.63, 3.8) is 0 Å². The number of hydrogen-bond acceptors (Lipinski definition) is 4. The molecule has 0 saturated carbocycles. The lowest BCUT2D eigenvalue weighted by atomic mass is 9.71. The molecule has 0 bridgehead atoms. The zero-order chi connectivity index (χ0) is 20.3. The lowest BCUT2D eigenvalue weighted by Gasteiger charge is -2.51. The van der Waals surface area contributed by atoms with E-state index in [1.165, 1.54) is 5.56 Å². The maximum absolute atomic E-state index is 13.0. The van der Waals surface area contributed by atoms with Crippen molar-refractivity contribution in [1.29, 1.82) is 0 Å². The standard InChI is InChI=1S/C23H30N4O2/c1-25-18-24-15-20(25)22(29)27-13-6-11-23(17-27)16-26(14-10-21(23)28)12-5-9-19-7-3-2-4-8-19/h2-5,7-9,15,18,21,28H,6,10-14,16-17H2,1H3/b9-5+/t21-,23-/m1/s1. The van der Waals surface area contributed by atoms with Crippen LogP contribution in [-0.4, -0.2) is 69.2 Å². The van der Waals surface area contributed by atoms with E-state index < -0.39 is 0 Å². The number of piperidine rings is 2. The Labute approximate surface area is 172 Å². The first-order valence-electron chi connectivity index (χ1n) is 10.4. The number of rotatable bonds is 4. The van der Waals surface area contributed by atoms with Gasteiger partial charge in [-0.1, -0.05) is 42.5 Å². The van der Waals surface area contributed by atoms with Gasteiger partial charge in [-0.25, -0.2) is 4.98 Å². The summed E-state index contributed by atoms with van der Waals surface area (Å²) in [5.41, 5.74) is 1.56. The monoisotopic (exact) mass is 394 g/mol. The van der Waals surface area contributed by atoms with Gasteiger partial charge in [0.2, 0.25) is 0 Å². The molecule has 0 aliphatic carbocycles. The van der Waals surface area contributed by atoms with Crippen molar-refractivity contribution in [3.8, 4) is 0 Å². The number of amides is 1. The van der Waals surface area contributed by atoms with Crippen molar-refractivity contribution in [2.45, 2.75) is 25.4 Å². The number of hydrogen-bond donors (Lipinski definition) is 1. The van der Waals surface area contributed by atoms with Crippen LogP contribution >= 0.6 is 0 Å². The minimum absolute atomic E-state index is 0.0115. The van der Waals surface area contributed by atoms with Gasteiger partial charge in [-0.15, -0.1) is 0 Å². The summed E-state index contributed by atoms with van der Waals surface area (Å²) in [7, 11) is 1.84. The second-order valence-corrected chi connectivity index (χ2v) is 8.44. The second-order valence-electron chi connectivity index (χ2n) is 8.44. The van der Waals surface area contributed by atoms with Crippen LogP contribution in [0.5, 0.6) is 0 Å². The summed E-state index contributed by atoms with van der Waals surface area (Å²) in [4.78, 5) is 21.4. The number of likely N-dealkylation sites (tertiary alicyclic amines) is 2. The van der Waals surface area contributed by atoms with E-state index in [-0.39, 0.29) is 17.4 Å². The van der Waals surface area contributed by atoms with Crippen LogP contribution < -0.4 is 0 Å². The predicted molar refractivity (Wildman–Crippen MR) is 113 cm³/mol. The predicted octanol–water partition coefficient (Wildman–Crippen LogP) is 2.42. The number of aliphatic hydroxyl groups excluding tert-OH is 1. The minimum Gasteiger partial charge on any atom is -0.392 e. The van der Waals surface area contributed by atoms with E-state index in [4.69, 9.17) is 0 Å². The van der Waals surface area contributed by atoms with Gasteiger partial charge in [-0.3, -0.25) is 9.69 Å². The van der Waals surface area contributed by atoms with Crippen molar-refractivity contribution in [2.24, 2.45) is 12.5 Å². The number of benzene rings is 1. The Kier molecular flexibility index (Phi) is 5.83. The highest BCUT2D eigenvalue weighted by Crippen LogP contribution is 2.39. The third-order valence-corrected chi connectivity index (χ3v) is 6.37. The molecule has 0 unspecified atom stereocenters. The first-order valence-corrected chi connectivity index (χ1v) is 10.4. The molecule has 6 nitrogen and oxygen atoms in total. The van der Waals surface area contributed by atoms with E-state index in [2.05, 4.69) is 34.2 Å². The molecule has 154 valence electrons. The Balaban J connectivity index is 1.43. The summed E-state index contributed by atoms with van der Waals surface area (Å²) in [6, 6.07) is 10.3. The lowest BCUT2D eigenvalue weighted by molar-refractivity contribution is -0.0763. The molecule has 2 fully saturated rings. The summed E-state index contributed by atoms with van der Waals surface area (Å²) in [5, 5.41) is 10.9. The molecule has 2 aliphatic heterocycles. The van der Waals surface area contributed by atoms with Crippen LogP contribution in [0.4, 0.5) is 0 Å². The van der Waals surface area contributed by atoms with Crippen LogP contribution in [0.2, 0.25) is 0 Å². The Morgan fingerprint density at radius 2 is 2.10 bits per heavy atom. The summed E-state index contributed by atoms with van der Waals surface area (Å²) < 4.78 is 1.77. The molecule has 1 amide bonds. The van der Waals surface area contributed by atoms with Gasteiger partial charge in [-0.05, 0) is 24.8 Å². The number of aryl methyl sites for hydroxylation is 1. The van der Waals surface area contributed by atoms with E-state index in [0.717, 1.165) is 45.4 Å². The van der Waals surface area contributed by atoms with Gasteiger partial charge in [-0.2, -0.15) is 0 Å². The number of carbonyl (C=O) groups is 1. The highest BCUT2D eigenvalue weighted by Gasteiger charge is 2.46. The fourth-order valence-electron chi connectivity index (χ4n) is 4.76. The minimum atomic E-state index is -0.362. The van der Waals surface area contributed by atoms with Gasteiger partial charge in [0.1, 0.15) is 5.69 Å². The van der Waals surface area contributed by atoms with Gasteiger partial charge in [0.15, 0.2) is 0 Å². The van der Waals surface area contributed by atoms with E-state index >= 15 is 0 Å². The molecule has 6 heteroatoms. The molecule has 4 rings (SSSR count). The molecule has 1 spiro atoms. The Bertz CT molecular complexity index is 863.